The van der Waals surface area contributed by atoms with E-state index in [1.54, 1.807) is 18.2 Å². The molecule has 0 bridgehead atoms. The Morgan fingerprint density at radius 1 is 1.07 bits per heavy atom. The monoisotopic (exact) mass is 191 g/mol. The van der Waals surface area contributed by atoms with E-state index in [4.69, 9.17) is 0 Å². The van der Waals surface area contributed by atoms with Crippen molar-refractivity contribution in [1.82, 2.24) is 0 Å². The van der Waals surface area contributed by atoms with Crippen LogP contribution in [0, 0.1) is 6.07 Å². The predicted octanol–water partition coefficient (Wildman–Crippen LogP) is 1.40. The first kappa shape index (κ1) is 10.2. The molecule has 0 aromatic heterocycles. The largest absolute Gasteiger partial charge is 0.326 e. The number of amides is 2. The van der Waals surface area contributed by atoms with Crippen LogP contribution in [0.4, 0.5) is 11.4 Å². The van der Waals surface area contributed by atoms with E-state index in [0.717, 1.165) is 0 Å². The zero-order valence-electron chi connectivity index (χ0n) is 8.05. The third-order valence-corrected chi connectivity index (χ3v) is 1.42. The maximum atomic E-state index is 10.7. The summed E-state index contributed by atoms with van der Waals surface area (Å²) in [6.07, 6.45) is 0. The van der Waals surface area contributed by atoms with Gasteiger partial charge in [-0.3, -0.25) is 9.59 Å². The molecule has 0 aliphatic carbocycles. The molecular formula is C10H11N2O2. The van der Waals surface area contributed by atoms with Gasteiger partial charge in [0.1, 0.15) is 0 Å². The van der Waals surface area contributed by atoms with Crippen LogP contribution in [-0.4, -0.2) is 11.8 Å². The van der Waals surface area contributed by atoms with Gasteiger partial charge in [0.05, 0.1) is 11.4 Å². The second kappa shape index (κ2) is 4.41. The Labute approximate surface area is 82.3 Å². The van der Waals surface area contributed by atoms with Gasteiger partial charge in [-0.2, -0.15) is 0 Å². The van der Waals surface area contributed by atoms with E-state index in [1.807, 2.05) is 0 Å². The molecule has 0 saturated carbocycles. The van der Waals surface area contributed by atoms with Crippen molar-refractivity contribution < 1.29 is 9.59 Å². The molecule has 0 atom stereocenters. The minimum absolute atomic E-state index is 0.166. The maximum absolute atomic E-state index is 10.7. The molecule has 0 heterocycles. The molecule has 73 valence electrons. The van der Waals surface area contributed by atoms with Crippen molar-refractivity contribution in [3.05, 3.63) is 24.3 Å². The van der Waals surface area contributed by atoms with Crippen LogP contribution in [0.5, 0.6) is 0 Å². The number of hydrogen-bond donors (Lipinski definition) is 2. The van der Waals surface area contributed by atoms with E-state index in [1.165, 1.54) is 13.8 Å². The Morgan fingerprint density at radius 2 is 1.50 bits per heavy atom. The third kappa shape index (κ3) is 3.26. The van der Waals surface area contributed by atoms with Gasteiger partial charge in [0.2, 0.25) is 11.8 Å². The Bertz CT molecular complexity index is 330. The molecule has 1 radical (unpaired) electrons. The van der Waals surface area contributed by atoms with E-state index in [0.29, 0.717) is 11.4 Å². The van der Waals surface area contributed by atoms with Crippen LogP contribution in [-0.2, 0) is 9.59 Å². The number of hydrogen-bond acceptors (Lipinski definition) is 2. The Balaban J connectivity index is 2.78. The number of rotatable bonds is 2. The van der Waals surface area contributed by atoms with Gasteiger partial charge in [-0.05, 0) is 12.1 Å². The van der Waals surface area contributed by atoms with E-state index in [-0.39, 0.29) is 11.8 Å². The Morgan fingerprint density at radius 3 is 1.86 bits per heavy atom. The fourth-order valence-electron chi connectivity index (χ4n) is 0.994. The summed E-state index contributed by atoms with van der Waals surface area (Å²) in [7, 11) is 0. The molecule has 0 saturated heterocycles. The SMILES string of the molecule is CC(=O)Nc1[c]c(NC(C)=O)ccc1. The quantitative estimate of drug-likeness (QED) is 0.742. The molecule has 4 nitrogen and oxygen atoms in total. The lowest BCUT2D eigenvalue weighted by Gasteiger charge is -2.04. The summed E-state index contributed by atoms with van der Waals surface area (Å²) >= 11 is 0. The minimum atomic E-state index is -0.166. The first-order chi connectivity index (χ1) is 6.58. The molecule has 0 aliphatic heterocycles. The number of benzene rings is 1. The number of carbonyl (C=O) groups is 2. The highest BCUT2D eigenvalue weighted by atomic mass is 16.2. The summed E-state index contributed by atoms with van der Waals surface area (Å²) in [5.74, 6) is -0.331. The molecule has 0 unspecified atom stereocenters. The normalized spacial score (nSPS) is 9.29. The number of carbonyl (C=O) groups excluding carboxylic acids is 2. The van der Waals surface area contributed by atoms with Crippen LogP contribution in [0.15, 0.2) is 18.2 Å². The molecule has 2 N–H and O–H groups in total. The van der Waals surface area contributed by atoms with Gasteiger partial charge < -0.3 is 10.6 Å². The van der Waals surface area contributed by atoms with Crippen molar-refractivity contribution in [2.45, 2.75) is 13.8 Å². The van der Waals surface area contributed by atoms with Gasteiger partial charge in [-0.15, -0.1) is 0 Å². The van der Waals surface area contributed by atoms with Crippen LogP contribution >= 0.6 is 0 Å². The first-order valence-corrected chi connectivity index (χ1v) is 4.15. The minimum Gasteiger partial charge on any atom is -0.326 e. The molecular weight excluding hydrogens is 180 g/mol. The number of anilines is 2. The van der Waals surface area contributed by atoms with Crippen molar-refractivity contribution in [3.63, 3.8) is 0 Å². The van der Waals surface area contributed by atoms with E-state index < -0.39 is 0 Å². The van der Waals surface area contributed by atoms with Crippen molar-refractivity contribution in [2.24, 2.45) is 0 Å². The van der Waals surface area contributed by atoms with Gasteiger partial charge in [0.15, 0.2) is 0 Å². The van der Waals surface area contributed by atoms with Gasteiger partial charge >= 0.3 is 0 Å². The van der Waals surface area contributed by atoms with Gasteiger partial charge in [-0.25, -0.2) is 0 Å². The Kier molecular flexibility index (Phi) is 3.23. The lowest BCUT2D eigenvalue weighted by atomic mass is 10.2. The van der Waals surface area contributed by atoms with Crippen LogP contribution < -0.4 is 10.6 Å². The molecule has 0 fully saturated rings. The maximum Gasteiger partial charge on any atom is 0.221 e. The molecule has 0 spiro atoms. The van der Waals surface area contributed by atoms with Crippen molar-refractivity contribution in [1.29, 1.82) is 0 Å². The fourth-order valence-corrected chi connectivity index (χ4v) is 0.994. The highest BCUT2D eigenvalue weighted by molar-refractivity contribution is 5.91. The van der Waals surface area contributed by atoms with Gasteiger partial charge in [0, 0.05) is 19.9 Å². The lowest BCUT2D eigenvalue weighted by Crippen LogP contribution is -2.08. The molecule has 0 aliphatic rings. The molecule has 4 heteroatoms. The highest BCUT2D eigenvalue weighted by Gasteiger charge is 1.99. The molecule has 1 aromatic rings. The van der Waals surface area contributed by atoms with Crippen LogP contribution in [0.2, 0.25) is 0 Å². The summed E-state index contributed by atoms with van der Waals surface area (Å²) in [6.45, 7) is 2.83. The van der Waals surface area contributed by atoms with Crippen LogP contribution in [0.1, 0.15) is 13.8 Å². The predicted molar refractivity (Wildman–Crippen MR) is 53.9 cm³/mol. The first-order valence-electron chi connectivity index (χ1n) is 4.15. The average molecular weight is 191 g/mol. The summed E-state index contributed by atoms with van der Waals surface area (Å²) in [4.78, 5) is 21.5. The zero-order valence-corrected chi connectivity index (χ0v) is 8.05. The lowest BCUT2D eigenvalue weighted by molar-refractivity contribution is -0.115. The third-order valence-electron chi connectivity index (χ3n) is 1.42. The standard InChI is InChI=1S/C10H11N2O2/c1-7(13)11-9-4-3-5-10(6-9)12-8(2)14/h3-5H,1-2H3,(H,11,13)(H,12,14). The zero-order chi connectivity index (χ0) is 10.6. The second-order valence-corrected chi connectivity index (χ2v) is 2.84. The van der Waals surface area contributed by atoms with Gasteiger partial charge in [-0.1, -0.05) is 6.07 Å². The van der Waals surface area contributed by atoms with Crippen molar-refractivity contribution in [3.8, 4) is 0 Å². The molecule has 2 amide bonds. The summed E-state index contributed by atoms with van der Waals surface area (Å²) < 4.78 is 0. The summed E-state index contributed by atoms with van der Waals surface area (Å²) in [6, 6.07) is 7.97. The average Bonchev–Trinajstić information content (AvgIpc) is 2.01. The van der Waals surface area contributed by atoms with E-state index >= 15 is 0 Å². The van der Waals surface area contributed by atoms with E-state index in [9.17, 15) is 9.59 Å². The molecule has 1 aromatic carbocycles. The fraction of sp³-hybridized carbons (Fsp3) is 0.200. The Hall–Kier alpha value is -1.84. The number of nitrogens with one attached hydrogen (secondary N) is 2. The van der Waals surface area contributed by atoms with Crippen LogP contribution in [0.25, 0.3) is 0 Å². The topological polar surface area (TPSA) is 58.2 Å². The second-order valence-electron chi connectivity index (χ2n) is 2.84. The highest BCUT2D eigenvalue weighted by Crippen LogP contribution is 2.13. The summed E-state index contributed by atoms with van der Waals surface area (Å²) in [5, 5.41) is 5.15. The smallest absolute Gasteiger partial charge is 0.221 e. The molecule has 1 rings (SSSR count). The van der Waals surface area contributed by atoms with Crippen LogP contribution in [0.3, 0.4) is 0 Å². The van der Waals surface area contributed by atoms with Crippen molar-refractivity contribution in [2.75, 3.05) is 10.6 Å². The van der Waals surface area contributed by atoms with E-state index in [2.05, 4.69) is 16.7 Å². The summed E-state index contributed by atoms with van der Waals surface area (Å²) in [5.41, 5.74) is 1.09. The molecule has 14 heavy (non-hydrogen) atoms. The van der Waals surface area contributed by atoms with Gasteiger partial charge in [0.25, 0.3) is 0 Å². The van der Waals surface area contributed by atoms with Crippen molar-refractivity contribution >= 4 is 23.2 Å².